The van der Waals surface area contributed by atoms with Crippen molar-refractivity contribution in [3.05, 3.63) is 65.7 Å². The fraction of sp³-hybridized carbons (Fsp3) is 0.188. The number of Topliss-reactive ketones (excluding diaryl/α,β-unsaturated/α-hetero) is 1. The number of carbonyl (C=O) groups is 1. The number of thioether (sulfide) groups is 1. The molecule has 2 aliphatic rings. The summed E-state index contributed by atoms with van der Waals surface area (Å²) < 4.78 is -0.189. The number of benzene rings is 2. The van der Waals surface area contributed by atoms with Crippen LogP contribution in [0.25, 0.3) is 0 Å². The van der Waals surface area contributed by atoms with Crippen LogP contribution in [0.2, 0.25) is 0 Å². The van der Waals surface area contributed by atoms with Gasteiger partial charge < -0.3 is 0 Å². The number of hydrogen-bond acceptors (Lipinski definition) is 2. The molecule has 0 amide bonds. The molecule has 88 valence electrons. The Hall–Kier alpha value is -1.54. The van der Waals surface area contributed by atoms with Crippen LogP contribution in [-0.2, 0) is 0 Å². The van der Waals surface area contributed by atoms with Crippen molar-refractivity contribution in [3.63, 3.8) is 0 Å². The minimum atomic E-state index is -0.189. The van der Waals surface area contributed by atoms with Crippen LogP contribution in [0.15, 0.2) is 59.5 Å². The summed E-state index contributed by atoms with van der Waals surface area (Å²) in [5.74, 6) is 0.723. The Morgan fingerprint density at radius 3 is 2.50 bits per heavy atom. The lowest BCUT2D eigenvalue weighted by atomic mass is 10.0. The van der Waals surface area contributed by atoms with E-state index in [-0.39, 0.29) is 4.75 Å². The van der Waals surface area contributed by atoms with Crippen molar-refractivity contribution in [1.29, 1.82) is 0 Å². The maximum absolute atomic E-state index is 12.5. The quantitative estimate of drug-likeness (QED) is 0.765. The van der Waals surface area contributed by atoms with E-state index in [4.69, 9.17) is 0 Å². The van der Waals surface area contributed by atoms with Gasteiger partial charge in [0.25, 0.3) is 0 Å². The Morgan fingerprint density at radius 2 is 1.72 bits per heavy atom. The van der Waals surface area contributed by atoms with Gasteiger partial charge in [0.05, 0.1) is 4.75 Å². The van der Waals surface area contributed by atoms with Gasteiger partial charge in [0.15, 0.2) is 5.78 Å². The summed E-state index contributed by atoms with van der Waals surface area (Å²) in [6.07, 6.45) is 0.981. The van der Waals surface area contributed by atoms with Crippen molar-refractivity contribution >= 4 is 17.5 Å². The van der Waals surface area contributed by atoms with Crippen molar-refractivity contribution < 1.29 is 4.79 Å². The third-order valence-corrected chi connectivity index (χ3v) is 5.50. The van der Waals surface area contributed by atoms with Crippen molar-refractivity contribution in [2.24, 2.45) is 0 Å². The zero-order valence-corrected chi connectivity index (χ0v) is 10.6. The summed E-state index contributed by atoms with van der Waals surface area (Å²) in [5.41, 5.74) is 2.21. The van der Waals surface area contributed by atoms with E-state index in [2.05, 4.69) is 30.3 Å². The lowest BCUT2D eigenvalue weighted by Gasteiger charge is -2.06. The molecule has 2 aromatic rings. The average Bonchev–Trinajstić information content (AvgIpc) is 3.08. The zero-order valence-electron chi connectivity index (χ0n) is 9.80. The molecule has 1 fully saturated rings. The molecule has 2 unspecified atom stereocenters. The highest BCUT2D eigenvalue weighted by molar-refractivity contribution is 8.02. The van der Waals surface area contributed by atoms with E-state index < -0.39 is 0 Å². The van der Waals surface area contributed by atoms with Gasteiger partial charge in [-0.3, -0.25) is 4.79 Å². The number of rotatable bonds is 1. The van der Waals surface area contributed by atoms with Crippen LogP contribution < -0.4 is 0 Å². The van der Waals surface area contributed by atoms with Gasteiger partial charge in [0.2, 0.25) is 0 Å². The Balaban J connectivity index is 1.73. The van der Waals surface area contributed by atoms with Crippen LogP contribution in [0.3, 0.4) is 0 Å². The first-order valence-electron chi connectivity index (χ1n) is 6.19. The minimum Gasteiger partial charge on any atom is -0.293 e. The summed E-state index contributed by atoms with van der Waals surface area (Å²) in [7, 11) is 0. The molecule has 0 radical (unpaired) electrons. The molecule has 2 heteroatoms. The summed E-state index contributed by atoms with van der Waals surface area (Å²) >= 11 is 1.77. The molecule has 1 nitrogen and oxygen atoms in total. The Kier molecular flexibility index (Phi) is 2.01. The fourth-order valence-electron chi connectivity index (χ4n) is 2.89. The topological polar surface area (TPSA) is 17.1 Å². The summed E-state index contributed by atoms with van der Waals surface area (Å²) in [6.45, 7) is 0. The average molecular weight is 252 g/mol. The Labute approximate surface area is 110 Å². The van der Waals surface area contributed by atoms with Gasteiger partial charge in [0.1, 0.15) is 0 Å². The molecule has 1 spiro atoms. The molecule has 1 heterocycles. The Morgan fingerprint density at radius 1 is 1.00 bits per heavy atom. The van der Waals surface area contributed by atoms with Crippen LogP contribution >= 0.6 is 11.8 Å². The van der Waals surface area contributed by atoms with E-state index in [1.54, 1.807) is 11.8 Å². The second kappa shape index (κ2) is 3.48. The van der Waals surface area contributed by atoms with E-state index in [0.717, 1.165) is 16.9 Å². The van der Waals surface area contributed by atoms with E-state index in [1.807, 2.05) is 24.3 Å². The molecule has 18 heavy (non-hydrogen) atoms. The van der Waals surface area contributed by atoms with Gasteiger partial charge in [-0.2, -0.15) is 0 Å². The molecule has 0 bridgehead atoms. The summed E-state index contributed by atoms with van der Waals surface area (Å²) in [6, 6.07) is 18.4. The Bertz CT molecular complexity index is 635. The van der Waals surface area contributed by atoms with Crippen LogP contribution in [0.5, 0.6) is 0 Å². The molecule has 2 aromatic carbocycles. The number of carbonyl (C=O) groups excluding carboxylic acids is 1. The summed E-state index contributed by atoms with van der Waals surface area (Å²) in [4.78, 5) is 13.7. The van der Waals surface area contributed by atoms with E-state index in [0.29, 0.717) is 11.7 Å². The third kappa shape index (κ3) is 1.27. The van der Waals surface area contributed by atoms with Gasteiger partial charge in [0, 0.05) is 16.4 Å². The molecule has 2 atom stereocenters. The monoisotopic (exact) mass is 252 g/mol. The molecule has 4 rings (SSSR count). The first kappa shape index (κ1) is 10.4. The highest BCUT2D eigenvalue weighted by Gasteiger charge is 2.64. The first-order valence-corrected chi connectivity index (χ1v) is 7.01. The van der Waals surface area contributed by atoms with Crippen molar-refractivity contribution in [2.45, 2.75) is 22.0 Å². The lowest BCUT2D eigenvalue weighted by Crippen LogP contribution is -2.15. The van der Waals surface area contributed by atoms with E-state index in [9.17, 15) is 4.79 Å². The maximum Gasteiger partial charge on any atom is 0.181 e. The molecule has 0 N–H and O–H groups in total. The third-order valence-electron chi connectivity index (χ3n) is 3.92. The number of hydrogen-bond donors (Lipinski definition) is 0. The second-order valence-corrected chi connectivity index (χ2v) is 6.36. The van der Waals surface area contributed by atoms with Gasteiger partial charge in [-0.15, -0.1) is 11.8 Å². The molecule has 1 aliphatic carbocycles. The largest absolute Gasteiger partial charge is 0.293 e. The predicted molar refractivity (Wildman–Crippen MR) is 73.2 cm³/mol. The minimum absolute atomic E-state index is 0.189. The molecular formula is C16H12OS. The second-order valence-electron chi connectivity index (χ2n) is 4.98. The highest BCUT2D eigenvalue weighted by Crippen LogP contribution is 2.67. The normalized spacial score (nSPS) is 28.4. The van der Waals surface area contributed by atoms with Gasteiger partial charge in [-0.05, 0) is 18.1 Å². The molecule has 0 aromatic heterocycles. The van der Waals surface area contributed by atoms with Crippen molar-refractivity contribution in [3.8, 4) is 0 Å². The zero-order chi connectivity index (χ0) is 12.2. The number of fused-ring (bicyclic) bond motifs is 1. The van der Waals surface area contributed by atoms with Crippen LogP contribution in [0.1, 0.15) is 28.3 Å². The lowest BCUT2D eigenvalue weighted by molar-refractivity contribution is 0.0981. The van der Waals surface area contributed by atoms with Gasteiger partial charge in [-0.1, -0.05) is 48.5 Å². The van der Waals surface area contributed by atoms with E-state index >= 15 is 0 Å². The van der Waals surface area contributed by atoms with Crippen LogP contribution in [0, 0.1) is 0 Å². The highest BCUT2D eigenvalue weighted by atomic mass is 32.2. The fourth-order valence-corrected chi connectivity index (χ4v) is 4.43. The predicted octanol–water partition coefficient (Wildman–Crippen LogP) is 3.90. The maximum atomic E-state index is 12.5. The van der Waals surface area contributed by atoms with Gasteiger partial charge >= 0.3 is 0 Å². The SMILES string of the molecule is O=C1c2ccccc2SC12CC2c1ccccc1. The van der Waals surface area contributed by atoms with Crippen LogP contribution in [0.4, 0.5) is 0 Å². The number of ketones is 1. The standard InChI is InChI=1S/C16H12OS/c17-15-12-8-4-5-9-14(12)18-16(15)10-13(16)11-6-2-1-3-7-11/h1-9,13H,10H2. The molecule has 1 saturated carbocycles. The van der Waals surface area contributed by atoms with Crippen molar-refractivity contribution in [2.75, 3.05) is 0 Å². The molecular weight excluding hydrogens is 240 g/mol. The first-order chi connectivity index (χ1) is 8.81. The van der Waals surface area contributed by atoms with Crippen molar-refractivity contribution in [1.82, 2.24) is 0 Å². The van der Waals surface area contributed by atoms with Gasteiger partial charge in [-0.25, -0.2) is 0 Å². The van der Waals surface area contributed by atoms with E-state index in [1.165, 1.54) is 5.56 Å². The molecule has 1 aliphatic heterocycles. The molecule has 0 saturated heterocycles. The summed E-state index contributed by atoms with van der Waals surface area (Å²) in [5, 5.41) is 0. The van der Waals surface area contributed by atoms with Crippen LogP contribution in [-0.4, -0.2) is 10.5 Å². The smallest absolute Gasteiger partial charge is 0.181 e.